The van der Waals surface area contributed by atoms with Crippen molar-refractivity contribution in [2.24, 2.45) is 5.41 Å². The lowest BCUT2D eigenvalue weighted by Crippen LogP contribution is -2.34. The zero-order valence-corrected chi connectivity index (χ0v) is 10.0. The lowest BCUT2D eigenvalue weighted by Gasteiger charge is -2.17. The highest BCUT2D eigenvalue weighted by Crippen LogP contribution is 2.44. The van der Waals surface area contributed by atoms with Crippen LogP contribution in [0.3, 0.4) is 0 Å². The minimum atomic E-state index is 0.226. The van der Waals surface area contributed by atoms with Crippen molar-refractivity contribution < 1.29 is 5.11 Å². The summed E-state index contributed by atoms with van der Waals surface area (Å²) in [6.45, 7) is 3.52. The molecule has 1 saturated carbocycles. The van der Waals surface area contributed by atoms with Crippen LogP contribution in [-0.2, 0) is 6.42 Å². The molecule has 15 heavy (non-hydrogen) atoms. The van der Waals surface area contributed by atoms with E-state index in [1.165, 1.54) is 17.7 Å². The maximum atomic E-state index is 9.19. The molecule has 2 nitrogen and oxygen atoms in total. The number of hydrogen-bond donors (Lipinski definition) is 2. The van der Waals surface area contributed by atoms with Crippen LogP contribution in [0.2, 0.25) is 0 Å². The van der Waals surface area contributed by atoms with Crippen LogP contribution >= 0.6 is 11.3 Å². The van der Waals surface area contributed by atoms with E-state index in [9.17, 15) is 5.11 Å². The average Bonchev–Trinajstić information content (AvgIpc) is 2.86. The SMILES string of the molecule is CC(Cc1cccs1)NCC1(CO)CC1. The molecule has 1 aromatic heterocycles. The zero-order valence-electron chi connectivity index (χ0n) is 9.20. The third-order valence-electron chi connectivity index (χ3n) is 3.21. The highest BCUT2D eigenvalue weighted by molar-refractivity contribution is 7.09. The monoisotopic (exact) mass is 225 g/mol. The molecule has 1 fully saturated rings. The second kappa shape index (κ2) is 4.64. The van der Waals surface area contributed by atoms with Crippen molar-refractivity contribution in [1.29, 1.82) is 0 Å². The van der Waals surface area contributed by atoms with Crippen LogP contribution in [0.1, 0.15) is 24.6 Å². The highest BCUT2D eigenvalue weighted by atomic mass is 32.1. The standard InChI is InChI=1S/C12H19NOS/c1-10(7-11-3-2-6-15-11)13-8-12(9-14)4-5-12/h2-3,6,10,13-14H,4-5,7-9H2,1H3. The summed E-state index contributed by atoms with van der Waals surface area (Å²) in [6.07, 6.45) is 3.46. The van der Waals surface area contributed by atoms with Gasteiger partial charge in [-0.1, -0.05) is 6.07 Å². The van der Waals surface area contributed by atoms with Gasteiger partial charge in [0, 0.05) is 29.5 Å². The van der Waals surface area contributed by atoms with E-state index in [-0.39, 0.29) is 5.41 Å². The molecule has 84 valence electrons. The molecule has 1 aliphatic carbocycles. The Hall–Kier alpha value is -0.380. The number of aliphatic hydroxyl groups is 1. The Kier molecular flexibility index (Phi) is 3.44. The normalized spacial score (nSPS) is 20.1. The molecule has 1 aromatic rings. The molecule has 0 saturated heterocycles. The Morgan fingerprint density at radius 3 is 2.93 bits per heavy atom. The Morgan fingerprint density at radius 2 is 2.40 bits per heavy atom. The number of nitrogens with one attached hydrogen (secondary N) is 1. The van der Waals surface area contributed by atoms with Crippen LogP contribution < -0.4 is 5.32 Å². The summed E-state index contributed by atoms with van der Waals surface area (Å²) in [5, 5.41) is 14.8. The fourth-order valence-corrected chi connectivity index (χ4v) is 2.60. The second-order valence-electron chi connectivity index (χ2n) is 4.72. The molecule has 1 aliphatic rings. The summed E-state index contributed by atoms with van der Waals surface area (Å²) >= 11 is 1.82. The average molecular weight is 225 g/mol. The fraction of sp³-hybridized carbons (Fsp3) is 0.667. The molecule has 1 heterocycles. The van der Waals surface area contributed by atoms with Crippen LogP contribution in [-0.4, -0.2) is 24.3 Å². The summed E-state index contributed by atoms with van der Waals surface area (Å²) < 4.78 is 0. The molecule has 0 radical (unpaired) electrons. The molecule has 2 N–H and O–H groups in total. The van der Waals surface area contributed by atoms with E-state index >= 15 is 0 Å². The van der Waals surface area contributed by atoms with E-state index in [4.69, 9.17) is 0 Å². The molecule has 0 aliphatic heterocycles. The Balaban J connectivity index is 1.71. The van der Waals surface area contributed by atoms with Crippen molar-refractivity contribution in [3.8, 4) is 0 Å². The second-order valence-corrected chi connectivity index (χ2v) is 5.76. The van der Waals surface area contributed by atoms with Crippen LogP contribution in [0.5, 0.6) is 0 Å². The van der Waals surface area contributed by atoms with Gasteiger partial charge in [-0.05, 0) is 37.6 Å². The number of hydrogen-bond acceptors (Lipinski definition) is 3. The Morgan fingerprint density at radius 1 is 1.60 bits per heavy atom. The van der Waals surface area contributed by atoms with E-state index in [0.717, 1.165) is 13.0 Å². The number of aliphatic hydroxyl groups excluding tert-OH is 1. The maximum Gasteiger partial charge on any atom is 0.0499 e. The lowest BCUT2D eigenvalue weighted by molar-refractivity contribution is 0.204. The van der Waals surface area contributed by atoms with Crippen molar-refractivity contribution in [2.75, 3.05) is 13.2 Å². The van der Waals surface area contributed by atoms with E-state index in [0.29, 0.717) is 12.6 Å². The minimum absolute atomic E-state index is 0.226. The first kappa shape index (κ1) is 11.1. The van der Waals surface area contributed by atoms with E-state index in [1.54, 1.807) is 0 Å². The van der Waals surface area contributed by atoms with Gasteiger partial charge in [0.25, 0.3) is 0 Å². The van der Waals surface area contributed by atoms with Gasteiger partial charge in [0.15, 0.2) is 0 Å². The van der Waals surface area contributed by atoms with Crippen LogP contribution in [0.25, 0.3) is 0 Å². The van der Waals surface area contributed by atoms with Gasteiger partial charge in [-0.3, -0.25) is 0 Å². The largest absolute Gasteiger partial charge is 0.396 e. The third-order valence-corrected chi connectivity index (χ3v) is 4.10. The Bertz CT molecular complexity index is 293. The van der Waals surface area contributed by atoms with Crippen molar-refractivity contribution in [1.82, 2.24) is 5.32 Å². The summed E-state index contributed by atoms with van der Waals surface area (Å²) in [5.41, 5.74) is 0.226. The molecule has 2 rings (SSSR count). The first-order valence-electron chi connectivity index (χ1n) is 5.61. The zero-order chi connectivity index (χ0) is 10.7. The summed E-state index contributed by atoms with van der Waals surface area (Å²) in [5.74, 6) is 0. The maximum absolute atomic E-state index is 9.19. The molecule has 1 unspecified atom stereocenters. The van der Waals surface area contributed by atoms with Crippen molar-refractivity contribution >= 4 is 11.3 Å². The topological polar surface area (TPSA) is 32.3 Å². The minimum Gasteiger partial charge on any atom is -0.396 e. The molecule has 0 bridgehead atoms. The lowest BCUT2D eigenvalue weighted by atomic mass is 10.1. The quantitative estimate of drug-likeness (QED) is 0.776. The molecule has 3 heteroatoms. The van der Waals surface area contributed by atoms with Crippen molar-refractivity contribution in [2.45, 2.75) is 32.2 Å². The summed E-state index contributed by atoms with van der Waals surface area (Å²) in [4.78, 5) is 1.43. The summed E-state index contributed by atoms with van der Waals surface area (Å²) in [6, 6.07) is 4.79. The predicted octanol–water partition coefficient (Wildman–Crippen LogP) is 2.04. The highest BCUT2D eigenvalue weighted by Gasteiger charge is 2.41. The van der Waals surface area contributed by atoms with Gasteiger partial charge >= 0.3 is 0 Å². The van der Waals surface area contributed by atoms with Gasteiger partial charge in [0.05, 0.1) is 0 Å². The van der Waals surface area contributed by atoms with Gasteiger partial charge in [-0.15, -0.1) is 11.3 Å². The van der Waals surface area contributed by atoms with Gasteiger partial charge in [-0.2, -0.15) is 0 Å². The van der Waals surface area contributed by atoms with Crippen LogP contribution in [0.4, 0.5) is 0 Å². The van der Waals surface area contributed by atoms with Gasteiger partial charge in [0.1, 0.15) is 0 Å². The van der Waals surface area contributed by atoms with Gasteiger partial charge < -0.3 is 10.4 Å². The van der Waals surface area contributed by atoms with Gasteiger partial charge in [0.2, 0.25) is 0 Å². The Labute approximate surface area is 95.3 Å². The van der Waals surface area contributed by atoms with Crippen molar-refractivity contribution in [3.05, 3.63) is 22.4 Å². The van der Waals surface area contributed by atoms with E-state index in [1.807, 2.05) is 11.3 Å². The molecular formula is C12H19NOS. The number of thiophene rings is 1. The van der Waals surface area contributed by atoms with Crippen molar-refractivity contribution in [3.63, 3.8) is 0 Å². The third kappa shape index (κ3) is 3.03. The van der Waals surface area contributed by atoms with Crippen LogP contribution in [0.15, 0.2) is 17.5 Å². The van der Waals surface area contributed by atoms with E-state index in [2.05, 4.69) is 29.8 Å². The smallest absolute Gasteiger partial charge is 0.0499 e. The number of rotatable bonds is 6. The molecule has 0 spiro atoms. The van der Waals surface area contributed by atoms with Gasteiger partial charge in [-0.25, -0.2) is 0 Å². The molecule has 1 atom stereocenters. The summed E-state index contributed by atoms with van der Waals surface area (Å²) in [7, 11) is 0. The first-order valence-corrected chi connectivity index (χ1v) is 6.49. The van der Waals surface area contributed by atoms with Crippen LogP contribution in [0, 0.1) is 5.41 Å². The molecule has 0 amide bonds. The molecular weight excluding hydrogens is 206 g/mol. The first-order chi connectivity index (χ1) is 7.24. The van der Waals surface area contributed by atoms with E-state index < -0.39 is 0 Å². The molecule has 0 aromatic carbocycles. The predicted molar refractivity (Wildman–Crippen MR) is 64.2 cm³/mol. The fourth-order valence-electron chi connectivity index (χ4n) is 1.76.